The predicted molar refractivity (Wildman–Crippen MR) is 96.6 cm³/mol. The van der Waals surface area contributed by atoms with Crippen molar-refractivity contribution < 1.29 is 8.78 Å². The highest BCUT2D eigenvalue weighted by molar-refractivity contribution is 5.74. The molecule has 0 aliphatic carbocycles. The number of benzene rings is 2. The lowest BCUT2D eigenvalue weighted by Gasteiger charge is -2.36. The fraction of sp³-hybridized carbons (Fsp3) is 0.368. The minimum Gasteiger partial charge on any atom is -0.399 e. The van der Waals surface area contributed by atoms with Crippen molar-refractivity contribution in [2.45, 2.75) is 31.8 Å². The van der Waals surface area contributed by atoms with Gasteiger partial charge in [-0.2, -0.15) is 0 Å². The molecule has 1 aromatic heterocycles. The van der Waals surface area contributed by atoms with Crippen LogP contribution in [0.3, 0.4) is 0 Å². The third kappa shape index (κ3) is 3.03. The molecule has 1 atom stereocenters. The van der Waals surface area contributed by atoms with Gasteiger partial charge in [-0.3, -0.25) is 4.90 Å². The summed E-state index contributed by atoms with van der Waals surface area (Å²) in [6.07, 6.45) is 1.77. The molecule has 2 aromatic carbocycles. The van der Waals surface area contributed by atoms with Gasteiger partial charge in [-0.15, -0.1) is 5.10 Å². The van der Waals surface area contributed by atoms with Gasteiger partial charge in [0.2, 0.25) is 0 Å². The molecule has 1 saturated heterocycles. The van der Waals surface area contributed by atoms with Gasteiger partial charge in [0, 0.05) is 36.4 Å². The number of aromatic nitrogens is 3. The number of hydrogen-bond donors (Lipinski definition) is 1. The third-order valence-electron chi connectivity index (χ3n) is 5.30. The SMILES string of the molecule is CC(c1ccc(N)cc1F)N1CCC(n2nnc3cc(F)ccc32)CC1. The van der Waals surface area contributed by atoms with Crippen LogP contribution in [0.15, 0.2) is 36.4 Å². The standard InChI is InChI=1S/C19H21F2N5/c1-12(16-4-3-14(22)11-17(16)21)25-8-6-15(7-9-25)26-19-5-2-13(20)10-18(19)23-24-26/h2-5,10-12,15H,6-9,22H2,1H3. The topological polar surface area (TPSA) is 60.0 Å². The Bertz CT molecular complexity index is 931. The molecule has 0 radical (unpaired) electrons. The van der Waals surface area contributed by atoms with Crippen LogP contribution >= 0.6 is 0 Å². The lowest BCUT2D eigenvalue weighted by molar-refractivity contribution is 0.138. The average molecular weight is 357 g/mol. The van der Waals surface area contributed by atoms with E-state index < -0.39 is 0 Å². The maximum Gasteiger partial charge on any atom is 0.130 e. The first-order valence-corrected chi connectivity index (χ1v) is 8.82. The number of piperidine rings is 1. The summed E-state index contributed by atoms with van der Waals surface area (Å²) >= 11 is 0. The molecular weight excluding hydrogens is 336 g/mol. The summed E-state index contributed by atoms with van der Waals surface area (Å²) in [5, 5.41) is 8.29. The van der Waals surface area contributed by atoms with E-state index in [1.165, 1.54) is 18.2 Å². The molecule has 2 heterocycles. The van der Waals surface area contributed by atoms with Crippen LogP contribution in [-0.2, 0) is 0 Å². The van der Waals surface area contributed by atoms with Gasteiger partial charge in [0.25, 0.3) is 0 Å². The fourth-order valence-electron chi connectivity index (χ4n) is 3.78. The number of nitrogen functional groups attached to an aromatic ring is 1. The zero-order chi connectivity index (χ0) is 18.3. The molecule has 1 aliphatic rings. The largest absolute Gasteiger partial charge is 0.399 e. The summed E-state index contributed by atoms with van der Waals surface area (Å²) < 4.78 is 29.4. The van der Waals surface area contributed by atoms with E-state index in [1.54, 1.807) is 18.2 Å². The van der Waals surface area contributed by atoms with Crippen molar-refractivity contribution in [2.75, 3.05) is 18.8 Å². The molecule has 5 nitrogen and oxygen atoms in total. The van der Waals surface area contributed by atoms with Gasteiger partial charge < -0.3 is 5.73 Å². The number of anilines is 1. The van der Waals surface area contributed by atoms with Crippen molar-refractivity contribution in [3.05, 3.63) is 53.6 Å². The van der Waals surface area contributed by atoms with E-state index in [9.17, 15) is 8.78 Å². The molecule has 0 bridgehead atoms. The predicted octanol–water partition coefficient (Wildman–Crippen LogP) is 3.69. The van der Waals surface area contributed by atoms with E-state index in [-0.39, 0.29) is 23.7 Å². The summed E-state index contributed by atoms with van der Waals surface area (Å²) in [5.74, 6) is -0.567. The molecule has 136 valence electrons. The van der Waals surface area contributed by atoms with Crippen molar-refractivity contribution in [1.82, 2.24) is 19.9 Å². The highest BCUT2D eigenvalue weighted by Gasteiger charge is 2.27. The lowest BCUT2D eigenvalue weighted by atomic mass is 9.99. The van der Waals surface area contributed by atoms with Crippen molar-refractivity contribution in [1.29, 1.82) is 0 Å². The summed E-state index contributed by atoms with van der Waals surface area (Å²) in [6.45, 7) is 3.68. The Kier molecular flexibility index (Phi) is 4.32. The number of nitrogens with two attached hydrogens (primary N) is 1. The summed E-state index contributed by atoms with van der Waals surface area (Å²) in [4.78, 5) is 2.27. The Morgan fingerprint density at radius 3 is 2.62 bits per heavy atom. The molecular formula is C19H21F2N5. The summed E-state index contributed by atoms with van der Waals surface area (Å²) in [5.41, 5.74) is 8.17. The van der Waals surface area contributed by atoms with Gasteiger partial charge >= 0.3 is 0 Å². The van der Waals surface area contributed by atoms with Crippen molar-refractivity contribution in [3.8, 4) is 0 Å². The van der Waals surface area contributed by atoms with Gasteiger partial charge in [-0.05, 0) is 44.0 Å². The normalized spacial score (nSPS) is 17.7. The van der Waals surface area contributed by atoms with Crippen LogP contribution in [0.25, 0.3) is 11.0 Å². The Balaban J connectivity index is 1.48. The zero-order valence-electron chi connectivity index (χ0n) is 14.6. The molecule has 2 N–H and O–H groups in total. The van der Waals surface area contributed by atoms with Crippen molar-refractivity contribution in [2.24, 2.45) is 0 Å². The number of likely N-dealkylation sites (tertiary alicyclic amines) is 1. The molecule has 0 spiro atoms. The monoisotopic (exact) mass is 357 g/mol. The second-order valence-corrected chi connectivity index (χ2v) is 6.89. The van der Waals surface area contributed by atoms with Gasteiger partial charge in [-0.1, -0.05) is 11.3 Å². The smallest absolute Gasteiger partial charge is 0.130 e. The minimum absolute atomic E-state index is 0.0156. The van der Waals surface area contributed by atoms with Crippen molar-refractivity contribution in [3.63, 3.8) is 0 Å². The van der Waals surface area contributed by atoms with Crippen LogP contribution in [0.2, 0.25) is 0 Å². The molecule has 0 amide bonds. The quantitative estimate of drug-likeness (QED) is 0.726. The molecule has 0 saturated carbocycles. The van der Waals surface area contributed by atoms with Crippen LogP contribution in [0, 0.1) is 11.6 Å². The van der Waals surface area contributed by atoms with Crippen LogP contribution in [0.1, 0.15) is 37.4 Å². The van der Waals surface area contributed by atoms with Crippen molar-refractivity contribution >= 4 is 16.7 Å². The van der Waals surface area contributed by atoms with E-state index in [0.717, 1.165) is 31.4 Å². The maximum atomic E-state index is 14.2. The zero-order valence-corrected chi connectivity index (χ0v) is 14.6. The maximum absolute atomic E-state index is 14.2. The minimum atomic E-state index is -0.307. The van der Waals surface area contributed by atoms with Crippen LogP contribution < -0.4 is 5.73 Å². The first-order valence-electron chi connectivity index (χ1n) is 8.82. The summed E-state index contributed by atoms with van der Waals surface area (Å²) in [6, 6.07) is 9.64. The Hall–Kier alpha value is -2.54. The second kappa shape index (κ2) is 6.64. The van der Waals surface area contributed by atoms with Crippen LogP contribution in [-0.4, -0.2) is 33.0 Å². The molecule has 26 heavy (non-hydrogen) atoms. The van der Waals surface area contributed by atoms with Gasteiger partial charge in [-0.25, -0.2) is 13.5 Å². The van der Waals surface area contributed by atoms with Crippen LogP contribution in [0.4, 0.5) is 14.5 Å². The summed E-state index contributed by atoms with van der Waals surface area (Å²) in [7, 11) is 0. The molecule has 1 unspecified atom stereocenters. The Morgan fingerprint density at radius 1 is 1.12 bits per heavy atom. The van der Waals surface area contributed by atoms with Crippen LogP contribution in [0.5, 0.6) is 0 Å². The van der Waals surface area contributed by atoms with E-state index in [1.807, 2.05) is 11.6 Å². The average Bonchev–Trinajstić information content (AvgIpc) is 3.04. The molecule has 4 rings (SSSR count). The Morgan fingerprint density at radius 2 is 1.88 bits per heavy atom. The number of nitrogens with zero attached hydrogens (tertiary/aromatic N) is 4. The van der Waals surface area contributed by atoms with E-state index in [0.29, 0.717) is 16.8 Å². The number of hydrogen-bond acceptors (Lipinski definition) is 4. The molecule has 3 aromatic rings. The first-order chi connectivity index (χ1) is 12.5. The number of fused-ring (bicyclic) bond motifs is 1. The van der Waals surface area contributed by atoms with Gasteiger partial charge in [0.1, 0.15) is 17.2 Å². The first kappa shape index (κ1) is 16.9. The van der Waals surface area contributed by atoms with Gasteiger partial charge in [0.05, 0.1) is 11.6 Å². The Labute approximate surface area is 150 Å². The lowest BCUT2D eigenvalue weighted by Crippen LogP contribution is -2.37. The molecule has 1 fully saturated rings. The van der Waals surface area contributed by atoms with E-state index in [4.69, 9.17) is 5.73 Å². The number of rotatable bonds is 3. The highest BCUT2D eigenvalue weighted by Crippen LogP contribution is 2.31. The van der Waals surface area contributed by atoms with Gasteiger partial charge in [0.15, 0.2) is 0 Å². The number of halogens is 2. The second-order valence-electron chi connectivity index (χ2n) is 6.89. The molecule has 1 aliphatic heterocycles. The van der Waals surface area contributed by atoms with E-state index in [2.05, 4.69) is 15.2 Å². The fourth-order valence-corrected chi connectivity index (χ4v) is 3.78. The molecule has 7 heteroatoms. The van der Waals surface area contributed by atoms with E-state index >= 15 is 0 Å². The highest BCUT2D eigenvalue weighted by atomic mass is 19.1. The third-order valence-corrected chi connectivity index (χ3v) is 5.30.